The first-order chi connectivity index (χ1) is 11.6. The van der Waals surface area contributed by atoms with Gasteiger partial charge in [0.1, 0.15) is 0 Å². The second-order valence-electron chi connectivity index (χ2n) is 6.50. The number of anilines is 1. The van der Waals surface area contributed by atoms with Gasteiger partial charge in [0.2, 0.25) is 5.91 Å². The zero-order valence-electron chi connectivity index (χ0n) is 14.2. The summed E-state index contributed by atoms with van der Waals surface area (Å²) in [6.45, 7) is 3.52. The number of hydrogen-bond donors (Lipinski definition) is 2. The molecule has 1 heterocycles. The molecule has 6 nitrogen and oxygen atoms in total. The molecule has 1 aromatic rings. The van der Waals surface area contributed by atoms with Crippen molar-refractivity contribution in [3.05, 3.63) is 11.4 Å². The van der Waals surface area contributed by atoms with E-state index in [9.17, 15) is 22.8 Å². The third-order valence-corrected chi connectivity index (χ3v) is 4.68. The molecule has 1 aliphatic carbocycles. The van der Waals surface area contributed by atoms with Gasteiger partial charge in [0.15, 0.2) is 0 Å². The molecule has 0 aromatic carbocycles. The van der Waals surface area contributed by atoms with E-state index in [1.807, 2.05) is 0 Å². The molecule has 2 atom stereocenters. The molecule has 9 heteroatoms. The van der Waals surface area contributed by atoms with E-state index in [1.165, 1.54) is 4.68 Å². The zero-order chi connectivity index (χ0) is 18.8. The van der Waals surface area contributed by atoms with Gasteiger partial charge in [0, 0.05) is 5.92 Å². The molecule has 1 amide bonds. The monoisotopic (exact) mass is 361 g/mol. The van der Waals surface area contributed by atoms with Crippen molar-refractivity contribution in [1.82, 2.24) is 9.78 Å². The van der Waals surface area contributed by atoms with Crippen molar-refractivity contribution in [2.45, 2.75) is 58.7 Å². The van der Waals surface area contributed by atoms with Crippen LogP contribution in [-0.2, 0) is 16.1 Å². The maximum atomic E-state index is 12.9. The van der Waals surface area contributed by atoms with Gasteiger partial charge in [0.05, 0.1) is 36.0 Å². The van der Waals surface area contributed by atoms with E-state index in [2.05, 4.69) is 10.4 Å². The smallest absolute Gasteiger partial charge is 0.391 e. The summed E-state index contributed by atoms with van der Waals surface area (Å²) in [6.07, 6.45) is -3.70. The third kappa shape index (κ3) is 4.73. The Balaban J connectivity index is 2.06. The largest absolute Gasteiger partial charge is 0.481 e. The highest BCUT2D eigenvalue weighted by molar-refractivity contribution is 5.93. The fourth-order valence-corrected chi connectivity index (χ4v) is 3.25. The number of nitrogens with zero attached hydrogens (tertiary/aromatic N) is 2. The Kier molecular flexibility index (Phi) is 5.74. The topological polar surface area (TPSA) is 84.2 Å². The molecular weight excluding hydrogens is 339 g/mol. The van der Waals surface area contributed by atoms with E-state index < -0.39 is 29.9 Å². The Labute approximate surface area is 143 Å². The number of carbonyl (C=O) groups excluding carboxylic acids is 1. The molecule has 0 bridgehead atoms. The summed E-state index contributed by atoms with van der Waals surface area (Å²) < 4.78 is 40.2. The normalized spacial score (nSPS) is 21.2. The van der Waals surface area contributed by atoms with Gasteiger partial charge < -0.3 is 10.4 Å². The molecule has 1 fully saturated rings. The van der Waals surface area contributed by atoms with Crippen molar-refractivity contribution < 1.29 is 27.9 Å². The summed E-state index contributed by atoms with van der Waals surface area (Å²) in [5.41, 5.74) is 1.55. The molecule has 2 N–H and O–H groups in total. The Bertz CT molecular complexity index is 655. The number of carboxylic acid groups (broad SMARTS) is 1. The van der Waals surface area contributed by atoms with Crippen LogP contribution in [0.5, 0.6) is 0 Å². The number of amides is 1. The van der Waals surface area contributed by atoms with Crippen molar-refractivity contribution in [3.63, 3.8) is 0 Å². The number of carboxylic acids is 1. The van der Waals surface area contributed by atoms with Crippen molar-refractivity contribution in [1.29, 1.82) is 0 Å². The lowest BCUT2D eigenvalue weighted by Gasteiger charge is -2.29. The standard InChI is InChI=1S/C16H22F3N3O3/c1-9-14(10(2)22(21-9)7-6-13(23)24)20-15(25)11-4-3-5-12(8-11)16(17,18)19/h11-12H,3-8H2,1-2H3,(H,20,25)(H,23,24). The van der Waals surface area contributed by atoms with Crippen LogP contribution >= 0.6 is 0 Å². The zero-order valence-corrected chi connectivity index (χ0v) is 14.2. The minimum absolute atomic E-state index is 0.0679. The molecule has 140 valence electrons. The van der Waals surface area contributed by atoms with Crippen molar-refractivity contribution in [2.75, 3.05) is 5.32 Å². The molecule has 2 rings (SSSR count). The minimum atomic E-state index is -4.27. The second kappa shape index (κ2) is 7.45. The first-order valence-corrected chi connectivity index (χ1v) is 8.23. The number of aromatic nitrogens is 2. The molecule has 0 aliphatic heterocycles. The first kappa shape index (κ1) is 19.3. The number of halogens is 3. The lowest BCUT2D eigenvalue weighted by Crippen LogP contribution is -2.34. The van der Waals surface area contributed by atoms with Crippen LogP contribution in [0, 0.1) is 25.7 Å². The van der Waals surface area contributed by atoms with Crippen molar-refractivity contribution in [2.24, 2.45) is 11.8 Å². The van der Waals surface area contributed by atoms with Crippen LogP contribution < -0.4 is 5.32 Å². The van der Waals surface area contributed by atoms with E-state index in [4.69, 9.17) is 5.11 Å². The predicted molar refractivity (Wildman–Crippen MR) is 84.1 cm³/mol. The van der Waals surface area contributed by atoms with Crippen LogP contribution in [0.25, 0.3) is 0 Å². The van der Waals surface area contributed by atoms with Crippen LogP contribution in [0.1, 0.15) is 43.5 Å². The molecule has 0 radical (unpaired) electrons. The number of hydrogen-bond acceptors (Lipinski definition) is 3. The molecule has 25 heavy (non-hydrogen) atoms. The molecule has 1 saturated carbocycles. The molecule has 1 aromatic heterocycles. The van der Waals surface area contributed by atoms with Gasteiger partial charge in [-0.15, -0.1) is 0 Å². The first-order valence-electron chi connectivity index (χ1n) is 8.23. The summed E-state index contributed by atoms with van der Waals surface area (Å²) in [7, 11) is 0. The maximum Gasteiger partial charge on any atom is 0.391 e. The highest BCUT2D eigenvalue weighted by Crippen LogP contribution is 2.40. The van der Waals surface area contributed by atoms with E-state index >= 15 is 0 Å². The summed E-state index contributed by atoms with van der Waals surface area (Å²) in [6, 6.07) is 0. The van der Waals surface area contributed by atoms with Crippen LogP contribution in [0.4, 0.5) is 18.9 Å². The van der Waals surface area contributed by atoms with Gasteiger partial charge in [-0.05, 0) is 33.1 Å². The summed E-state index contributed by atoms with van der Waals surface area (Å²) in [5, 5.41) is 15.6. The summed E-state index contributed by atoms with van der Waals surface area (Å²) >= 11 is 0. The fourth-order valence-electron chi connectivity index (χ4n) is 3.25. The highest BCUT2D eigenvalue weighted by atomic mass is 19.4. The number of alkyl halides is 3. The van der Waals surface area contributed by atoms with Gasteiger partial charge in [0.25, 0.3) is 0 Å². The van der Waals surface area contributed by atoms with Crippen LogP contribution in [0.2, 0.25) is 0 Å². The van der Waals surface area contributed by atoms with Gasteiger partial charge >= 0.3 is 12.1 Å². The molecule has 1 aliphatic rings. The van der Waals surface area contributed by atoms with Gasteiger partial charge in [-0.1, -0.05) is 6.42 Å². The van der Waals surface area contributed by atoms with Gasteiger partial charge in [-0.25, -0.2) is 0 Å². The highest BCUT2D eigenvalue weighted by Gasteiger charge is 2.43. The molecule has 0 saturated heterocycles. The molecular formula is C16H22F3N3O3. The van der Waals surface area contributed by atoms with E-state index in [0.717, 1.165) is 0 Å². The number of aryl methyl sites for hydroxylation is 2. The molecule has 0 spiro atoms. The maximum absolute atomic E-state index is 12.9. The van der Waals surface area contributed by atoms with E-state index in [1.54, 1.807) is 13.8 Å². The van der Waals surface area contributed by atoms with Crippen LogP contribution in [0.3, 0.4) is 0 Å². The average Bonchev–Trinajstić information content (AvgIpc) is 2.79. The Morgan fingerprint density at radius 1 is 1.32 bits per heavy atom. The third-order valence-electron chi connectivity index (χ3n) is 4.68. The minimum Gasteiger partial charge on any atom is -0.481 e. The van der Waals surface area contributed by atoms with Crippen LogP contribution in [-0.4, -0.2) is 32.9 Å². The number of carbonyl (C=O) groups is 2. The quantitative estimate of drug-likeness (QED) is 0.843. The SMILES string of the molecule is Cc1nn(CCC(=O)O)c(C)c1NC(=O)C1CCCC(C(F)(F)F)C1. The van der Waals surface area contributed by atoms with Crippen molar-refractivity contribution >= 4 is 17.6 Å². The van der Waals surface area contributed by atoms with Crippen molar-refractivity contribution in [3.8, 4) is 0 Å². The van der Waals surface area contributed by atoms with E-state index in [0.29, 0.717) is 29.9 Å². The van der Waals surface area contributed by atoms with Gasteiger partial charge in [-0.3, -0.25) is 14.3 Å². The van der Waals surface area contributed by atoms with Gasteiger partial charge in [-0.2, -0.15) is 18.3 Å². The Hall–Kier alpha value is -2.06. The molecule has 2 unspecified atom stereocenters. The van der Waals surface area contributed by atoms with E-state index in [-0.39, 0.29) is 25.8 Å². The second-order valence-corrected chi connectivity index (χ2v) is 6.50. The number of aliphatic carboxylic acids is 1. The van der Waals surface area contributed by atoms with Crippen LogP contribution in [0.15, 0.2) is 0 Å². The lowest BCUT2D eigenvalue weighted by molar-refractivity contribution is -0.185. The Morgan fingerprint density at radius 2 is 2.00 bits per heavy atom. The number of rotatable bonds is 5. The average molecular weight is 361 g/mol. The lowest BCUT2D eigenvalue weighted by atomic mass is 9.80. The summed E-state index contributed by atoms with van der Waals surface area (Å²) in [4.78, 5) is 23.1. The summed E-state index contributed by atoms with van der Waals surface area (Å²) in [5.74, 6) is -3.50. The predicted octanol–water partition coefficient (Wildman–Crippen LogP) is 3.28. The fraction of sp³-hybridized carbons (Fsp3) is 0.688. The number of nitrogens with one attached hydrogen (secondary N) is 1. The Morgan fingerprint density at radius 3 is 2.60 bits per heavy atom.